The van der Waals surface area contributed by atoms with Crippen LogP contribution in [-0.2, 0) is 13.1 Å². The van der Waals surface area contributed by atoms with Gasteiger partial charge in [-0.15, -0.1) is 10.2 Å². The van der Waals surface area contributed by atoms with Gasteiger partial charge < -0.3 is 10.0 Å². The fraction of sp³-hybridized carbons (Fsp3) is 0.360. The van der Waals surface area contributed by atoms with Crippen molar-refractivity contribution in [1.29, 1.82) is 0 Å². The topological polar surface area (TPSA) is 124 Å². The molecule has 18 heteroatoms. The molecule has 3 aromatic heterocycles. The van der Waals surface area contributed by atoms with Gasteiger partial charge in [0, 0.05) is 23.3 Å². The van der Waals surface area contributed by atoms with Crippen LogP contribution in [-0.4, -0.2) is 81.1 Å². The number of hydrogen-bond donors (Lipinski definition) is 1. The van der Waals surface area contributed by atoms with Crippen molar-refractivity contribution < 1.29 is 36.2 Å². The number of aromatic nitrogens is 7. The molecule has 1 N–H and O–H groups in total. The molecule has 43 heavy (non-hydrogen) atoms. The molecule has 0 saturated carbocycles. The van der Waals surface area contributed by atoms with Crippen molar-refractivity contribution in [2.24, 2.45) is 0 Å². The fourth-order valence-corrected chi connectivity index (χ4v) is 4.78. The molecule has 0 unspecified atom stereocenters. The number of aliphatic hydroxyl groups excluding tert-OH is 1. The van der Waals surface area contributed by atoms with E-state index in [0.29, 0.717) is 14.5 Å². The third kappa shape index (κ3) is 6.27. The van der Waals surface area contributed by atoms with Crippen molar-refractivity contribution in [1.82, 2.24) is 39.0 Å². The minimum absolute atomic E-state index is 0.0205. The normalized spacial score (nSPS) is 16.6. The van der Waals surface area contributed by atoms with Gasteiger partial charge in [0.05, 0.1) is 12.2 Å². The molecule has 1 fully saturated rings. The van der Waals surface area contributed by atoms with Crippen LogP contribution >= 0.6 is 11.6 Å². The van der Waals surface area contributed by atoms with Gasteiger partial charge in [0.2, 0.25) is 0 Å². The molecule has 0 spiro atoms. The largest absolute Gasteiger partial charge is 0.416 e. The zero-order valence-electron chi connectivity index (χ0n) is 21.8. The molecular weight excluding hydrogens is 610 g/mol. The maximum Gasteiger partial charge on any atom is 0.416 e. The molecule has 4 aromatic rings. The van der Waals surface area contributed by atoms with Crippen molar-refractivity contribution >= 4 is 17.5 Å². The Morgan fingerprint density at radius 3 is 2.47 bits per heavy atom. The average Bonchev–Trinajstić information content (AvgIpc) is 3.69. The molecule has 0 bridgehead atoms. The summed E-state index contributed by atoms with van der Waals surface area (Å²) in [7, 11) is 0. The lowest BCUT2D eigenvalue weighted by molar-refractivity contribution is -0.207. The number of halogens is 7. The Morgan fingerprint density at radius 1 is 1.07 bits per heavy atom. The summed E-state index contributed by atoms with van der Waals surface area (Å²) < 4.78 is 82.3. The number of aliphatic hydroxyl groups is 1. The summed E-state index contributed by atoms with van der Waals surface area (Å²) in [5.41, 5.74) is -1.05. The van der Waals surface area contributed by atoms with Crippen molar-refractivity contribution in [3.63, 3.8) is 0 Å². The Labute approximate surface area is 243 Å². The first kappa shape index (κ1) is 30.2. The lowest BCUT2D eigenvalue weighted by Gasteiger charge is -2.26. The number of alkyl halides is 6. The maximum absolute atomic E-state index is 13.5. The molecule has 5 rings (SSSR count). The zero-order valence-corrected chi connectivity index (χ0v) is 22.6. The first-order valence-electron chi connectivity index (χ1n) is 12.7. The van der Waals surface area contributed by atoms with Crippen LogP contribution in [0, 0.1) is 0 Å². The van der Waals surface area contributed by atoms with Crippen LogP contribution < -0.4 is 5.69 Å². The summed E-state index contributed by atoms with van der Waals surface area (Å²) in [6.45, 7) is -1.68. The monoisotopic (exact) mass is 630 g/mol. The molecule has 1 amide bonds. The Bertz CT molecular complexity index is 1680. The standard InChI is InChI=1S/C25H21ClF6N8O3/c26-15-7-5-14(6-8-15)21-36-39(23(43)38(21)11-18(41)25(30,31)32)12-19-34-13-40(35-19)16-3-1-9-33-20(16)22(42)37-10-2-4-17(37)24(27,28)29/h1,3,5-9,13,17-18,41H,2,4,10-12H2/t17-,18-/m1/s1. The summed E-state index contributed by atoms with van der Waals surface area (Å²) in [6, 6.07) is 6.64. The summed E-state index contributed by atoms with van der Waals surface area (Å²) in [4.78, 5) is 35.0. The molecule has 1 aromatic carbocycles. The van der Waals surface area contributed by atoms with Gasteiger partial charge in [-0.1, -0.05) is 11.6 Å². The fourth-order valence-electron chi connectivity index (χ4n) is 4.65. The molecule has 0 radical (unpaired) electrons. The van der Waals surface area contributed by atoms with Crippen molar-refractivity contribution in [3.05, 3.63) is 75.9 Å². The van der Waals surface area contributed by atoms with Crippen LogP contribution in [0.3, 0.4) is 0 Å². The molecular formula is C25H21ClF6N8O3. The van der Waals surface area contributed by atoms with Crippen LogP contribution in [0.4, 0.5) is 26.3 Å². The predicted octanol–water partition coefficient (Wildman–Crippen LogP) is 3.48. The predicted molar refractivity (Wildman–Crippen MR) is 137 cm³/mol. The molecule has 1 saturated heterocycles. The second kappa shape index (κ2) is 11.4. The summed E-state index contributed by atoms with van der Waals surface area (Å²) >= 11 is 5.89. The van der Waals surface area contributed by atoms with Crippen molar-refractivity contribution in [2.75, 3.05) is 6.54 Å². The number of carbonyl (C=O) groups is 1. The van der Waals surface area contributed by atoms with E-state index in [9.17, 15) is 41.0 Å². The third-order valence-electron chi connectivity index (χ3n) is 6.72. The highest BCUT2D eigenvalue weighted by Gasteiger charge is 2.48. The first-order chi connectivity index (χ1) is 20.2. The molecule has 2 atom stereocenters. The van der Waals surface area contributed by atoms with Gasteiger partial charge in [-0.2, -0.15) is 26.3 Å². The number of hydrogen-bond acceptors (Lipinski definition) is 7. The van der Waals surface area contributed by atoms with Crippen molar-refractivity contribution in [2.45, 2.75) is 50.4 Å². The number of pyridine rings is 1. The van der Waals surface area contributed by atoms with E-state index < -0.39 is 49.2 Å². The second-order valence-corrected chi connectivity index (χ2v) is 10.0. The quantitative estimate of drug-likeness (QED) is 0.310. The van der Waals surface area contributed by atoms with Gasteiger partial charge in [0.25, 0.3) is 5.91 Å². The van der Waals surface area contributed by atoms with E-state index >= 15 is 0 Å². The minimum Gasteiger partial charge on any atom is -0.382 e. The summed E-state index contributed by atoms with van der Waals surface area (Å²) in [6.07, 6.45) is -10.2. The molecule has 4 heterocycles. The summed E-state index contributed by atoms with van der Waals surface area (Å²) in [5.74, 6) is -1.20. The zero-order chi connectivity index (χ0) is 31.1. The number of amides is 1. The van der Waals surface area contributed by atoms with E-state index in [4.69, 9.17) is 11.6 Å². The van der Waals surface area contributed by atoms with Crippen LogP contribution in [0.1, 0.15) is 29.2 Å². The van der Waals surface area contributed by atoms with Gasteiger partial charge in [0.1, 0.15) is 18.9 Å². The van der Waals surface area contributed by atoms with Gasteiger partial charge >= 0.3 is 18.0 Å². The highest BCUT2D eigenvalue weighted by atomic mass is 35.5. The van der Waals surface area contributed by atoms with E-state index in [-0.39, 0.29) is 48.0 Å². The Hall–Kier alpha value is -4.25. The number of nitrogens with zero attached hydrogens (tertiary/aromatic N) is 8. The SMILES string of the molecule is O=C(c1ncccc1-n1cnc(Cn2nc(-c3ccc(Cl)cc3)n(C[C@@H](O)C(F)(F)F)c2=O)n1)N1CCC[C@@H]1C(F)(F)F. The Balaban J connectivity index is 1.46. The van der Waals surface area contributed by atoms with Crippen molar-refractivity contribution in [3.8, 4) is 17.1 Å². The van der Waals surface area contributed by atoms with E-state index in [2.05, 4.69) is 20.2 Å². The lowest BCUT2D eigenvalue weighted by Crippen LogP contribution is -2.45. The Kier molecular flexibility index (Phi) is 8.04. The third-order valence-corrected chi connectivity index (χ3v) is 6.97. The molecule has 1 aliphatic heterocycles. The average molecular weight is 631 g/mol. The van der Waals surface area contributed by atoms with E-state index in [1.807, 2.05) is 0 Å². The van der Waals surface area contributed by atoms with Crippen LogP contribution in [0.25, 0.3) is 17.1 Å². The summed E-state index contributed by atoms with van der Waals surface area (Å²) in [5, 5.41) is 18.3. The molecule has 11 nitrogen and oxygen atoms in total. The molecule has 228 valence electrons. The van der Waals surface area contributed by atoms with Crippen LogP contribution in [0.5, 0.6) is 0 Å². The second-order valence-electron chi connectivity index (χ2n) is 9.61. The Morgan fingerprint density at radius 2 is 1.79 bits per heavy atom. The smallest absolute Gasteiger partial charge is 0.382 e. The van der Waals surface area contributed by atoms with Gasteiger partial charge in [-0.05, 0) is 49.2 Å². The molecule has 1 aliphatic rings. The van der Waals surface area contributed by atoms with Crippen LogP contribution in [0.2, 0.25) is 5.02 Å². The minimum atomic E-state index is -5.01. The highest BCUT2D eigenvalue weighted by Crippen LogP contribution is 2.34. The van der Waals surface area contributed by atoms with E-state index in [1.165, 1.54) is 42.6 Å². The number of likely N-dealkylation sites (tertiary alicyclic amines) is 1. The number of rotatable bonds is 7. The van der Waals surface area contributed by atoms with E-state index in [1.54, 1.807) is 0 Å². The lowest BCUT2D eigenvalue weighted by atomic mass is 10.2. The first-order valence-corrected chi connectivity index (χ1v) is 13.0. The number of benzene rings is 1. The van der Waals surface area contributed by atoms with Gasteiger partial charge in [-0.25, -0.2) is 24.1 Å². The van der Waals surface area contributed by atoms with E-state index in [0.717, 1.165) is 15.7 Å². The van der Waals surface area contributed by atoms with Gasteiger partial charge in [-0.3, -0.25) is 9.36 Å². The number of carbonyl (C=O) groups excluding carboxylic acids is 1. The molecule has 0 aliphatic carbocycles. The van der Waals surface area contributed by atoms with Crippen LogP contribution in [0.15, 0.2) is 53.7 Å². The highest BCUT2D eigenvalue weighted by molar-refractivity contribution is 6.30. The maximum atomic E-state index is 13.5. The van der Waals surface area contributed by atoms with Gasteiger partial charge in [0.15, 0.2) is 23.4 Å².